The highest BCUT2D eigenvalue weighted by atomic mass is 79.9. The van der Waals surface area contributed by atoms with Crippen LogP contribution in [0.1, 0.15) is 20.8 Å². The number of rotatable bonds is 4. The lowest BCUT2D eigenvalue weighted by molar-refractivity contribution is -0.145. The minimum absolute atomic E-state index is 0.150. The summed E-state index contributed by atoms with van der Waals surface area (Å²) in [5.41, 5.74) is -0.589. The molecule has 1 aromatic rings. The molecule has 0 aliphatic carbocycles. The van der Waals surface area contributed by atoms with E-state index >= 15 is 0 Å². The molecular formula is C11H16BrNO4S2. The fourth-order valence-corrected chi connectivity index (χ4v) is 4.77. The smallest absolute Gasteiger partial charge is 0.324 e. The predicted octanol–water partition coefficient (Wildman–Crippen LogP) is 2.38. The van der Waals surface area contributed by atoms with Crippen LogP contribution >= 0.6 is 27.3 Å². The van der Waals surface area contributed by atoms with Crippen molar-refractivity contribution in [3.05, 3.63) is 15.9 Å². The number of carbonyl (C=O) groups is 1. The molecule has 8 heteroatoms. The van der Waals surface area contributed by atoms with Crippen LogP contribution in [0.25, 0.3) is 0 Å². The molecule has 0 amide bonds. The zero-order valence-corrected chi connectivity index (χ0v) is 14.3. The number of esters is 1. The Morgan fingerprint density at radius 1 is 1.42 bits per heavy atom. The van der Waals surface area contributed by atoms with Crippen molar-refractivity contribution in [2.45, 2.75) is 31.0 Å². The molecule has 0 saturated heterocycles. The van der Waals surface area contributed by atoms with Crippen molar-refractivity contribution in [2.24, 2.45) is 5.41 Å². The van der Waals surface area contributed by atoms with E-state index in [2.05, 4.69) is 25.4 Å². The molecule has 1 N–H and O–H groups in total. The lowest BCUT2D eigenvalue weighted by Gasteiger charge is -2.28. The summed E-state index contributed by atoms with van der Waals surface area (Å²) in [6.07, 6.45) is 0. The van der Waals surface area contributed by atoms with E-state index in [4.69, 9.17) is 0 Å². The van der Waals surface area contributed by atoms with Crippen molar-refractivity contribution in [1.29, 1.82) is 0 Å². The van der Waals surface area contributed by atoms with Gasteiger partial charge >= 0.3 is 5.97 Å². The summed E-state index contributed by atoms with van der Waals surface area (Å²) in [4.78, 5) is 11.7. The third-order valence-corrected chi connectivity index (χ3v) is 5.93. The number of nitrogens with one attached hydrogen (secondary N) is 1. The third-order valence-electron chi connectivity index (χ3n) is 2.39. The average molecular weight is 370 g/mol. The first-order chi connectivity index (χ1) is 8.58. The quantitative estimate of drug-likeness (QED) is 0.826. The molecule has 1 aromatic heterocycles. The van der Waals surface area contributed by atoms with Crippen LogP contribution in [0.5, 0.6) is 0 Å². The van der Waals surface area contributed by atoms with Gasteiger partial charge in [0.1, 0.15) is 10.3 Å². The van der Waals surface area contributed by atoms with Gasteiger partial charge < -0.3 is 4.74 Å². The highest BCUT2D eigenvalue weighted by molar-refractivity contribution is 9.11. The van der Waals surface area contributed by atoms with Gasteiger partial charge in [-0.15, -0.1) is 11.3 Å². The van der Waals surface area contributed by atoms with Crippen molar-refractivity contribution in [3.63, 3.8) is 0 Å². The molecular weight excluding hydrogens is 354 g/mol. The summed E-state index contributed by atoms with van der Waals surface area (Å²) in [7, 11) is -2.51. The summed E-state index contributed by atoms with van der Waals surface area (Å²) in [5, 5.41) is 0. The minimum atomic E-state index is -3.74. The molecule has 1 unspecified atom stereocenters. The molecule has 0 aliphatic heterocycles. The highest BCUT2D eigenvalue weighted by Gasteiger charge is 2.36. The zero-order chi connectivity index (χ0) is 14.8. The Bertz CT molecular complexity index is 559. The van der Waals surface area contributed by atoms with E-state index in [-0.39, 0.29) is 4.21 Å². The molecule has 0 radical (unpaired) electrons. The van der Waals surface area contributed by atoms with Gasteiger partial charge in [0.15, 0.2) is 0 Å². The highest BCUT2D eigenvalue weighted by Crippen LogP contribution is 2.28. The molecule has 0 fully saturated rings. The second kappa shape index (κ2) is 5.90. The summed E-state index contributed by atoms with van der Waals surface area (Å²) in [5.74, 6) is -0.605. The molecule has 108 valence electrons. The molecule has 0 aliphatic rings. The van der Waals surface area contributed by atoms with Gasteiger partial charge in [-0.3, -0.25) is 4.79 Å². The van der Waals surface area contributed by atoms with Crippen LogP contribution in [0.15, 0.2) is 20.1 Å². The summed E-state index contributed by atoms with van der Waals surface area (Å²) < 4.78 is 32.3. The largest absolute Gasteiger partial charge is 0.468 e. The molecule has 19 heavy (non-hydrogen) atoms. The van der Waals surface area contributed by atoms with Crippen molar-refractivity contribution in [3.8, 4) is 0 Å². The lowest BCUT2D eigenvalue weighted by atomic mass is 9.87. The molecule has 0 bridgehead atoms. The van der Waals surface area contributed by atoms with Crippen LogP contribution in [-0.2, 0) is 19.6 Å². The summed E-state index contributed by atoms with van der Waals surface area (Å²) >= 11 is 4.29. The second-order valence-corrected chi connectivity index (χ2v) is 9.41. The number of thiophene rings is 1. The van der Waals surface area contributed by atoms with Gasteiger partial charge in [0.05, 0.1) is 10.9 Å². The van der Waals surface area contributed by atoms with Gasteiger partial charge in [0, 0.05) is 0 Å². The Balaban J connectivity index is 3.06. The number of methoxy groups -OCH3 is 1. The third kappa shape index (κ3) is 4.27. The Morgan fingerprint density at radius 3 is 2.37 bits per heavy atom. The van der Waals surface area contributed by atoms with E-state index in [0.29, 0.717) is 3.79 Å². The topological polar surface area (TPSA) is 72.5 Å². The van der Waals surface area contributed by atoms with Gasteiger partial charge in [0.2, 0.25) is 0 Å². The van der Waals surface area contributed by atoms with Crippen molar-refractivity contribution in [2.75, 3.05) is 7.11 Å². The van der Waals surface area contributed by atoms with Crippen LogP contribution in [0.3, 0.4) is 0 Å². The van der Waals surface area contributed by atoms with Crippen molar-refractivity contribution < 1.29 is 17.9 Å². The SMILES string of the molecule is COC(=O)C(NS(=O)(=O)c1ccc(Br)s1)C(C)(C)C. The number of sulfonamides is 1. The number of halogens is 1. The standard InChI is InChI=1S/C11H16BrNO4S2/c1-11(2,3)9(10(14)17-4)13-19(15,16)8-6-5-7(12)18-8/h5-6,9,13H,1-4H3. The summed E-state index contributed by atoms with van der Waals surface area (Å²) in [6, 6.07) is 2.18. The molecule has 0 saturated carbocycles. The lowest BCUT2D eigenvalue weighted by Crippen LogP contribution is -2.49. The fraction of sp³-hybridized carbons (Fsp3) is 0.545. The Kier molecular flexibility index (Phi) is 5.16. The maximum Gasteiger partial charge on any atom is 0.324 e. The summed E-state index contributed by atoms with van der Waals surface area (Å²) in [6.45, 7) is 5.30. The predicted molar refractivity (Wildman–Crippen MR) is 77.6 cm³/mol. The second-order valence-electron chi connectivity index (χ2n) is 5.00. The van der Waals surface area contributed by atoms with E-state index in [1.54, 1.807) is 26.8 Å². The Morgan fingerprint density at radius 2 is 2.00 bits per heavy atom. The Hall–Kier alpha value is -0.440. The van der Waals surface area contributed by atoms with E-state index in [0.717, 1.165) is 11.3 Å². The zero-order valence-electron chi connectivity index (χ0n) is 11.1. The fourth-order valence-electron chi connectivity index (χ4n) is 1.35. The van der Waals surface area contributed by atoms with E-state index in [1.807, 2.05) is 0 Å². The van der Waals surface area contributed by atoms with Crippen molar-refractivity contribution in [1.82, 2.24) is 4.72 Å². The monoisotopic (exact) mass is 369 g/mol. The van der Waals surface area contributed by atoms with Gasteiger partial charge in [-0.25, -0.2) is 8.42 Å². The van der Waals surface area contributed by atoms with Gasteiger partial charge in [-0.05, 0) is 33.5 Å². The molecule has 5 nitrogen and oxygen atoms in total. The maximum absolute atomic E-state index is 12.2. The van der Waals surface area contributed by atoms with Crippen LogP contribution in [-0.4, -0.2) is 27.5 Å². The van der Waals surface area contributed by atoms with Crippen LogP contribution in [0, 0.1) is 5.41 Å². The normalized spacial score (nSPS) is 14.2. The number of ether oxygens (including phenoxy) is 1. The first kappa shape index (κ1) is 16.6. The maximum atomic E-state index is 12.2. The minimum Gasteiger partial charge on any atom is -0.468 e. The Labute approximate surface area is 125 Å². The van der Waals surface area contributed by atoms with Gasteiger partial charge in [0.25, 0.3) is 10.0 Å². The van der Waals surface area contributed by atoms with Crippen LogP contribution in [0.2, 0.25) is 0 Å². The first-order valence-corrected chi connectivity index (χ1v) is 8.52. The number of hydrogen-bond acceptors (Lipinski definition) is 5. The average Bonchev–Trinajstić information content (AvgIpc) is 2.71. The number of carbonyl (C=O) groups excluding carboxylic acids is 1. The molecule has 1 heterocycles. The van der Waals surface area contributed by atoms with E-state index in [9.17, 15) is 13.2 Å². The van der Waals surface area contributed by atoms with Crippen LogP contribution < -0.4 is 4.72 Å². The van der Waals surface area contributed by atoms with E-state index in [1.165, 1.54) is 13.2 Å². The molecule has 1 rings (SSSR count). The van der Waals surface area contributed by atoms with E-state index < -0.39 is 27.4 Å². The molecule has 0 aromatic carbocycles. The number of hydrogen-bond donors (Lipinski definition) is 1. The van der Waals surface area contributed by atoms with Gasteiger partial charge in [-0.1, -0.05) is 20.8 Å². The molecule has 1 atom stereocenters. The van der Waals surface area contributed by atoms with Gasteiger partial charge in [-0.2, -0.15) is 4.72 Å². The first-order valence-electron chi connectivity index (χ1n) is 5.43. The van der Waals surface area contributed by atoms with Crippen molar-refractivity contribution >= 4 is 43.3 Å². The molecule has 0 spiro atoms. The van der Waals surface area contributed by atoms with Crippen LogP contribution in [0.4, 0.5) is 0 Å².